The summed E-state index contributed by atoms with van der Waals surface area (Å²) in [4.78, 5) is 11.9. The number of fused-ring (bicyclic) bond motifs is 1. The second-order valence-corrected chi connectivity index (χ2v) is 5.10. The van der Waals surface area contributed by atoms with Crippen LogP contribution in [0.3, 0.4) is 0 Å². The Bertz CT molecular complexity index is 454. The lowest BCUT2D eigenvalue weighted by Gasteiger charge is -2.11. The zero-order valence-corrected chi connectivity index (χ0v) is 11.8. The van der Waals surface area contributed by atoms with E-state index in [0.717, 1.165) is 51.9 Å². The molecule has 4 nitrogen and oxygen atoms in total. The molecule has 106 valence electrons. The quantitative estimate of drug-likeness (QED) is 0.721. The molecule has 1 aromatic rings. The second-order valence-electron chi connectivity index (χ2n) is 5.10. The minimum Gasteiger partial charge on any atom is -0.383 e. The molecule has 1 aromatic heterocycles. The molecular weight excluding hydrogens is 240 g/mol. The number of rotatable bonds is 8. The molecule has 1 aliphatic rings. The van der Waals surface area contributed by atoms with Crippen molar-refractivity contribution >= 4 is 0 Å². The van der Waals surface area contributed by atoms with Crippen molar-refractivity contribution in [1.82, 2.24) is 9.88 Å². The van der Waals surface area contributed by atoms with E-state index in [4.69, 9.17) is 4.74 Å². The zero-order valence-electron chi connectivity index (χ0n) is 11.8. The van der Waals surface area contributed by atoms with Gasteiger partial charge in [-0.2, -0.15) is 0 Å². The summed E-state index contributed by atoms with van der Waals surface area (Å²) < 4.78 is 6.96. The fourth-order valence-corrected chi connectivity index (χ4v) is 2.70. The molecule has 0 saturated carbocycles. The monoisotopic (exact) mass is 264 g/mol. The van der Waals surface area contributed by atoms with Crippen molar-refractivity contribution in [3.05, 3.63) is 33.7 Å². The third-order valence-corrected chi connectivity index (χ3v) is 3.72. The van der Waals surface area contributed by atoms with Gasteiger partial charge >= 0.3 is 0 Å². The number of aryl methyl sites for hydroxylation is 1. The van der Waals surface area contributed by atoms with E-state index in [-0.39, 0.29) is 5.56 Å². The SMILES string of the molecule is COCCNCCCCn1c2c(ccc1=O)CCC2. The van der Waals surface area contributed by atoms with E-state index < -0.39 is 0 Å². The molecule has 2 rings (SSSR count). The molecule has 0 spiro atoms. The maximum Gasteiger partial charge on any atom is 0.250 e. The summed E-state index contributed by atoms with van der Waals surface area (Å²) in [5.74, 6) is 0. The van der Waals surface area contributed by atoms with Crippen LogP contribution >= 0.6 is 0 Å². The lowest BCUT2D eigenvalue weighted by molar-refractivity contribution is 0.199. The number of methoxy groups -OCH3 is 1. The Hall–Kier alpha value is -1.13. The fraction of sp³-hybridized carbons (Fsp3) is 0.667. The Morgan fingerprint density at radius 1 is 1.26 bits per heavy atom. The lowest BCUT2D eigenvalue weighted by atomic mass is 10.2. The summed E-state index contributed by atoms with van der Waals surface area (Å²) in [6.45, 7) is 3.50. The van der Waals surface area contributed by atoms with Crippen molar-refractivity contribution in [3.63, 3.8) is 0 Å². The van der Waals surface area contributed by atoms with Crippen LogP contribution in [0.1, 0.15) is 30.5 Å². The van der Waals surface area contributed by atoms with Crippen molar-refractivity contribution in [3.8, 4) is 0 Å². The van der Waals surface area contributed by atoms with Gasteiger partial charge < -0.3 is 14.6 Å². The van der Waals surface area contributed by atoms with Crippen LogP contribution < -0.4 is 10.9 Å². The van der Waals surface area contributed by atoms with Crippen LogP contribution in [-0.4, -0.2) is 31.4 Å². The molecule has 1 N–H and O–H groups in total. The van der Waals surface area contributed by atoms with Crippen LogP contribution in [0, 0.1) is 0 Å². The Kier molecular flexibility index (Phi) is 5.61. The number of ether oxygens (including phenoxy) is 1. The van der Waals surface area contributed by atoms with Crippen molar-refractivity contribution in [2.45, 2.75) is 38.6 Å². The predicted molar refractivity (Wildman–Crippen MR) is 76.7 cm³/mol. The van der Waals surface area contributed by atoms with Crippen molar-refractivity contribution in [2.24, 2.45) is 0 Å². The number of pyridine rings is 1. The standard InChI is InChI=1S/C15H24N2O2/c1-19-12-10-16-9-2-3-11-17-14-6-4-5-13(14)7-8-15(17)18/h7-8,16H,2-6,9-12H2,1H3. The summed E-state index contributed by atoms with van der Waals surface area (Å²) in [6, 6.07) is 3.73. The van der Waals surface area contributed by atoms with Gasteiger partial charge in [0.15, 0.2) is 0 Å². The van der Waals surface area contributed by atoms with Crippen LogP contribution in [0.25, 0.3) is 0 Å². The molecule has 0 saturated heterocycles. The number of unbranched alkanes of at least 4 members (excludes halogenated alkanes) is 1. The number of hydrogen-bond acceptors (Lipinski definition) is 3. The van der Waals surface area contributed by atoms with Gasteiger partial charge in [-0.15, -0.1) is 0 Å². The summed E-state index contributed by atoms with van der Waals surface area (Å²) in [5.41, 5.74) is 2.81. The highest BCUT2D eigenvalue weighted by Gasteiger charge is 2.15. The first-order valence-electron chi connectivity index (χ1n) is 7.24. The van der Waals surface area contributed by atoms with E-state index >= 15 is 0 Å². The predicted octanol–water partition coefficient (Wildman–Crippen LogP) is 1.35. The van der Waals surface area contributed by atoms with Gasteiger partial charge in [-0.05, 0) is 44.2 Å². The minimum absolute atomic E-state index is 0.160. The highest BCUT2D eigenvalue weighted by atomic mass is 16.5. The number of hydrogen-bond donors (Lipinski definition) is 1. The smallest absolute Gasteiger partial charge is 0.250 e. The van der Waals surface area contributed by atoms with Gasteiger partial charge in [0.05, 0.1) is 6.61 Å². The average molecular weight is 264 g/mol. The van der Waals surface area contributed by atoms with Gasteiger partial charge in [0, 0.05) is 32.0 Å². The van der Waals surface area contributed by atoms with Crippen LogP contribution in [0.2, 0.25) is 0 Å². The maximum atomic E-state index is 11.9. The molecule has 0 fully saturated rings. The summed E-state index contributed by atoms with van der Waals surface area (Å²) in [6.07, 6.45) is 5.54. The number of nitrogens with zero attached hydrogens (tertiary/aromatic N) is 1. The normalized spacial score (nSPS) is 13.7. The molecule has 0 aliphatic heterocycles. The lowest BCUT2D eigenvalue weighted by Crippen LogP contribution is -2.24. The zero-order chi connectivity index (χ0) is 13.5. The summed E-state index contributed by atoms with van der Waals surface area (Å²) >= 11 is 0. The van der Waals surface area contributed by atoms with Gasteiger partial charge in [0.2, 0.25) is 0 Å². The molecule has 19 heavy (non-hydrogen) atoms. The Morgan fingerprint density at radius 3 is 3.00 bits per heavy atom. The first-order valence-corrected chi connectivity index (χ1v) is 7.24. The number of nitrogens with one attached hydrogen (secondary N) is 1. The first-order chi connectivity index (χ1) is 9.33. The molecule has 0 atom stereocenters. The largest absolute Gasteiger partial charge is 0.383 e. The fourth-order valence-electron chi connectivity index (χ4n) is 2.70. The molecule has 0 amide bonds. The highest BCUT2D eigenvalue weighted by Crippen LogP contribution is 2.20. The summed E-state index contributed by atoms with van der Waals surface area (Å²) in [5, 5.41) is 3.33. The minimum atomic E-state index is 0.160. The Labute approximate surface area is 114 Å². The van der Waals surface area contributed by atoms with Crippen LogP contribution in [0.15, 0.2) is 16.9 Å². The Balaban J connectivity index is 1.77. The molecule has 0 unspecified atom stereocenters. The van der Waals surface area contributed by atoms with E-state index in [1.165, 1.54) is 17.7 Å². The maximum absolute atomic E-state index is 11.9. The van der Waals surface area contributed by atoms with Crippen molar-refractivity contribution < 1.29 is 4.74 Å². The van der Waals surface area contributed by atoms with Gasteiger partial charge in [-0.25, -0.2) is 0 Å². The van der Waals surface area contributed by atoms with Gasteiger partial charge in [0.1, 0.15) is 0 Å². The second kappa shape index (κ2) is 7.46. The van der Waals surface area contributed by atoms with E-state index in [9.17, 15) is 4.79 Å². The van der Waals surface area contributed by atoms with E-state index in [0.29, 0.717) is 0 Å². The van der Waals surface area contributed by atoms with Gasteiger partial charge in [0.25, 0.3) is 5.56 Å². The molecule has 0 aromatic carbocycles. The third kappa shape index (κ3) is 3.91. The van der Waals surface area contributed by atoms with E-state index in [1.54, 1.807) is 13.2 Å². The molecule has 1 heterocycles. The van der Waals surface area contributed by atoms with Crippen LogP contribution in [0.4, 0.5) is 0 Å². The molecular formula is C15H24N2O2. The van der Waals surface area contributed by atoms with Crippen molar-refractivity contribution in [1.29, 1.82) is 0 Å². The topological polar surface area (TPSA) is 43.3 Å². The highest BCUT2D eigenvalue weighted by molar-refractivity contribution is 5.25. The molecule has 4 heteroatoms. The third-order valence-electron chi connectivity index (χ3n) is 3.72. The molecule has 0 bridgehead atoms. The molecule has 1 aliphatic carbocycles. The van der Waals surface area contributed by atoms with E-state index in [2.05, 4.69) is 5.32 Å². The molecule has 0 radical (unpaired) electrons. The Morgan fingerprint density at radius 2 is 2.16 bits per heavy atom. The van der Waals surface area contributed by atoms with Gasteiger partial charge in [-0.1, -0.05) is 6.07 Å². The van der Waals surface area contributed by atoms with Crippen molar-refractivity contribution in [2.75, 3.05) is 26.8 Å². The van der Waals surface area contributed by atoms with E-state index in [1.807, 2.05) is 10.6 Å². The first kappa shape index (κ1) is 14.3. The number of aromatic nitrogens is 1. The van der Waals surface area contributed by atoms with Gasteiger partial charge in [-0.3, -0.25) is 4.79 Å². The van der Waals surface area contributed by atoms with Crippen LogP contribution in [0.5, 0.6) is 0 Å². The van der Waals surface area contributed by atoms with Crippen LogP contribution in [-0.2, 0) is 24.1 Å². The average Bonchev–Trinajstić information content (AvgIpc) is 2.88. The summed E-state index contributed by atoms with van der Waals surface area (Å²) in [7, 11) is 1.71.